The molecule has 17 heavy (non-hydrogen) atoms. The van der Waals surface area contributed by atoms with Crippen LogP contribution in [0.5, 0.6) is 0 Å². The van der Waals surface area contributed by atoms with Gasteiger partial charge in [0.05, 0.1) is 12.6 Å². The highest BCUT2D eigenvalue weighted by Crippen LogP contribution is 2.18. The van der Waals surface area contributed by atoms with Crippen molar-refractivity contribution >= 4 is 11.7 Å². The summed E-state index contributed by atoms with van der Waals surface area (Å²) in [7, 11) is 0. The summed E-state index contributed by atoms with van der Waals surface area (Å²) >= 11 is 0. The first kappa shape index (κ1) is 11.7. The van der Waals surface area contributed by atoms with E-state index in [1.54, 1.807) is 17.0 Å². The van der Waals surface area contributed by atoms with Crippen molar-refractivity contribution in [1.29, 1.82) is 0 Å². The largest absolute Gasteiger partial charge is 0.394 e. The van der Waals surface area contributed by atoms with Crippen LogP contribution in [-0.4, -0.2) is 45.3 Å². The van der Waals surface area contributed by atoms with Gasteiger partial charge in [-0.1, -0.05) is 0 Å². The van der Waals surface area contributed by atoms with Crippen molar-refractivity contribution in [3.05, 3.63) is 17.8 Å². The van der Waals surface area contributed by atoms with Crippen LogP contribution in [0.2, 0.25) is 0 Å². The number of hydrogen-bond donors (Lipinski definition) is 3. The van der Waals surface area contributed by atoms with Gasteiger partial charge in [0.15, 0.2) is 11.5 Å². The Labute approximate surface area is 98.6 Å². The Morgan fingerprint density at radius 3 is 3.00 bits per heavy atom. The van der Waals surface area contributed by atoms with Crippen LogP contribution < -0.4 is 11.3 Å². The van der Waals surface area contributed by atoms with Gasteiger partial charge in [-0.05, 0) is 25.0 Å². The highest BCUT2D eigenvalue weighted by Gasteiger charge is 2.29. The van der Waals surface area contributed by atoms with E-state index in [0.29, 0.717) is 12.4 Å². The number of hydrazine groups is 1. The molecule has 0 bridgehead atoms. The molecule has 0 spiro atoms. The molecule has 1 unspecified atom stereocenters. The third-order valence-electron chi connectivity index (χ3n) is 2.88. The fourth-order valence-electron chi connectivity index (χ4n) is 1.96. The van der Waals surface area contributed by atoms with E-state index in [1.807, 2.05) is 0 Å². The number of hydrogen-bond acceptors (Lipinski definition) is 6. The molecule has 2 rings (SSSR count). The Morgan fingerprint density at radius 1 is 1.59 bits per heavy atom. The zero-order valence-corrected chi connectivity index (χ0v) is 9.33. The molecule has 2 heterocycles. The molecule has 1 saturated heterocycles. The topological polar surface area (TPSA) is 104 Å². The Balaban J connectivity index is 2.13. The number of aliphatic hydroxyl groups is 1. The SMILES string of the molecule is NNc1ccc(C(=O)N2CCCC2CO)nn1. The highest BCUT2D eigenvalue weighted by molar-refractivity contribution is 5.92. The molecule has 0 aliphatic carbocycles. The van der Waals surface area contributed by atoms with Gasteiger partial charge in [-0.25, -0.2) is 5.84 Å². The van der Waals surface area contributed by atoms with Crippen LogP contribution in [0, 0.1) is 0 Å². The predicted octanol–water partition coefficient (Wildman–Crippen LogP) is -0.641. The van der Waals surface area contributed by atoms with Gasteiger partial charge < -0.3 is 15.4 Å². The predicted molar refractivity (Wildman–Crippen MR) is 61.0 cm³/mol. The van der Waals surface area contributed by atoms with E-state index in [4.69, 9.17) is 10.9 Å². The minimum absolute atomic E-state index is 0.0123. The van der Waals surface area contributed by atoms with Crippen molar-refractivity contribution in [2.45, 2.75) is 18.9 Å². The lowest BCUT2D eigenvalue weighted by Crippen LogP contribution is -2.38. The van der Waals surface area contributed by atoms with E-state index >= 15 is 0 Å². The van der Waals surface area contributed by atoms with Crippen LogP contribution in [0.25, 0.3) is 0 Å². The second kappa shape index (κ2) is 5.07. The zero-order valence-electron chi connectivity index (χ0n) is 9.33. The van der Waals surface area contributed by atoms with Gasteiger partial charge in [-0.3, -0.25) is 4.79 Å². The van der Waals surface area contributed by atoms with Crippen LogP contribution in [0.1, 0.15) is 23.3 Å². The third kappa shape index (κ3) is 2.34. The summed E-state index contributed by atoms with van der Waals surface area (Å²) in [5.74, 6) is 5.37. The Morgan fingerprint density at radius 2 is 2.41 bits per heavy atom. The number of carbonyl (C=O) groups is 1. The summed E-state index contributed by atoms with van der Waals surface area (Å²) in [6.45, 7) is 0.643. The van der Waals surface area contributed by atoms with Crippen molar-refractivity contribution < 1.29 is 9.90 Å². The molecule has 0 saturated carbocycles. The molecule has 1 aromatic heterocycles. The Kier molecular flexibility index (Phi) is 3.50. The molecule has 1 fully saturated rings. The first-order chi connectivity index (χ1) is 8.26. The van der Waals surface area contributed by atoms with E-state index in [-0.39, 0.29) is 24.2 Å². The van der Waals surface area contributed by atoms with Gasteiger partial charge in [0, 0.05) is 6.54 Å². The second-order valence-electron chi connectivity index (χ2n) is 3.93. The number of anilines is 1. The van der Waals surface area contributed by atoms with E-state index < -0.39 is 0 Å². The van der Waals surface area contributed by atoms with Crippen LogP contribution in [0.15, 0.2) is 12.1 Å². The molecular formula is C10H15N5O2. The Hall–Kier alpha value is -1.73. The van der Waals surface area contributed by atoms with Gasteiger partial charge in [-0.15, -0.1) is 10.2 Å². The van der Waals surface area contributed by atoms with Crippen molar-refractivity contribution in [2.24, 2.45) is 5.84 Å². The number of aromatic nitrogens is 2. The van der Waals surface area contributed by atoms with Gasteiger partial charge in [0.25, 0.3) is 5.91 Å². The maximum absolute atomic E-state index is 12.1. The summed E-state index contributed by atoms with van der Waals surface area (Å²) < 4.78 is 0. The quantitative estimate of drug-likeness (QED) is 0.477. The molecule has 4 N–H and O–H groups in total. The summed E-state index contributed by atoms with van der Waals surface area (Å²) in [6, 6.07) is 3.05. The summed E-state index contributed by atoms with van der Waals surface area (Å²) in [5.41, 5.74) is 2.61. The Bertz CT molecular complexity index is 394. The second-order valence-corrected chi connectivity index (χ2v) is 3.93. The molecule has 7 nitrogen and oxygen atoms in total. The number of nitrogens with one attached hydrogen (secondary N) is 1. The normalized spacial score (nSPS) is 19.4. The number of amides is 1. The molecule has 0 aromatic carbocycles. The highest BCUT2D eigenvalue weighted by atomic mass is 16.3. The van der Waals surface area contributed by atoms with E-state index in [0.717, 1.165) is 12.8 Å². The maximum Gasteiger partial charge on any atom is 0.274 e. The first-order valence-electron chi connectivity index (χ1n) is 5.48. The lowest BCUT2D eigenvalue weighted by molar-refractivity contribution is 0.0670. The maximum atomic E-state index is 12.1. The molecular weight excluding hydrogens is 222 g/mol. The van der Waals surface area contributed by atoms with Crippen LogP contribution in [0.4, 0.5) is 5.82 Å². The minimum Gasteiger partial charge on any atom is -0.394 e. The molecule has 7 heteroatoms. The molecule has 92 valence electrons. The molecule has 0 radical (unpaired) electrons. The number of rotatable bonds is 3. The molecule has 1 aliphatic heterocycles. The summed E-state index contributed by atoms with van der Waals surface area (Å²) in [4.78, 5) is 13.7. The van der Waals surface area contributed by atoms with Crippen molar-refractivity contribution in [2.75, 3.05) is 18.6 Å². The minimum atomic E-state index is -0.197. The molecule has 1 atom stereocenters. The van der Waals surface area contributed by atoms with Crippen molar-refractivity contribution in [3.63, 3.8) is 0 Å². The number of nitrogens with zero attached hydrogens (tertiary/aromatic N) is 3. The van der Waals surface area contributed by atoms with Crippen LogP contribution in [0.3, 0.4) is 0 Å². The monoisotopic (exact) mass is 237 g/mol. The van der Waals surface area contributed by atoms with Crippen LogP contribution in [-0.2, 0) is 0 Å². The smallest absolute Gasteiger partial charge is 0.274 e. The van der Waals surface area contributed by atoms with Crippen molar-refractivity contribution in [1.82, 2.24) is 15.1 Å². The van der Waals surface area contributed by atoms with E-state index in [2.05, 4.69) is 15.6 Å². The van der Waals surface area contributed by atoms with Crippen LogP contribution >= 0.6 is 0 Å². The number of nitrogens with two attached hydrogens (primary N) is 1. The van der Waals surface area contributed by atoms with Gasteiger partial charge in [0.1, 0.15) is 0 Å². The fraction of sp³-hybridized carbons (Fsp3) is 0.500. The molecule has 1 amide bonds. The zero-order chi connectivity index (χ0) is 12.3. The standard InChI is InChI=1S/C10H15N5O2/c11-12-9-4-3-8(13-14-9)10(17)15-5-1-2-7(15)6-16/h3-4,7,16H,1-2,5-6,11H2,(H,12,14). The third-order valence-corrected chi connectivity index (χ3v) is 2.88. The number of aliphatic hydroxyl groups excluding tert-OH is 1. The number of likely N-dealkylation sites (tertiary alicyclic amines) is 1. The van der Waals surface area contributed by atoms with E-state index in [1.165, 1.54) is 0 Å². The summed E-state index contributed by atoms with van der Waals surface area (Å²) in [5, 5.41) is 16.7. The number of nitrogen functional groups attached to an aromatic ring is 1. The summed E-state index contributed by atoms with van der Waals surface area (Å²) in [6.07, 6.45) is 1.74. The van der Waals surface area contributed by atoms with Crippen molar-refractivity contribution in [3.8, 4) is 0 Å². The molecule has 1 aromatic rings. The lowest BCUT2D eigenvalue weighted by Gasteiger charge is -2.22. The van der Waals surface area contributed by atoms with Gasteiger partial charge in [-0.2, -0.15) is 0 Å². The van der Waals surface area contributed by atoms with E-state index in [9.17, 15) is 4.79 Å². The molecule has 1 aliphatic rings. The average molecular weight is 237 g/mol. The average Bonchev–Trinajstić information content (AvgIpc) is 2.86. The fourth-order valence-corrected chi connectivity index (χ4v) is 1.96. The van der Waals surface area contributed by atoms with Gasteiger partial charge >= 0.3 is 0 Å². The number of carbonyl (C=O) groups excluding carboxylic acids is 1. The van der Waals surface area contributed by atoms with Gasteiger partial charge in [0.2, 0.25) is 0 Å². The lowest BCUT2D eigenvalue weighted by atomic mass is 10.2. The first-order valence-corrected chi connectivity index (χ1v) is 5.48.